The van der Waals surface area contributed by atoms with Gasteiger partial charge < -0.3 is 20.1 Å². The maximum atomic E-state index is 15.6. The standard InChI is InChI=1S/C34H37FN8O3/c1-34(2,21-41-13-15-45-16-14-41)18-23(19-36)33(44)42-12-6-7-24(42)20-43-32-29(31(37)38-22-39-32)30(40-43)27-11-10-26(17-28(27)35)46-25-8-4-3-5-9-25/h3-5,8-11,17-18,22,24H,6-7,12-16,20-21H2,1-2H3,(H2,37,38,39)/b23-18+/t24-/m0/s1. The van der Waals surface area contributed by atoms with Gasteiger partial charge in [0.05, 0.1) is 31.2 Å². The molecule has 11 nitrogen and oxygen atoms in total. The van der Waals surface area contributed by atoms with Crippen LogP contribution in [0.4, 0.5) is 10.2 Å². The molecule has 1 atom stereocenters. The molecule has 4 heterocycles. The first-order valence-electron chi connectivity index (χ1n) is 15.5. The maximum absolute atomic E-state index is 15.6. The number of likely N-dealkylation sites (tertiary alicyclic amines) is 1. The van der Waals surface area contributed by atoms with Gasteiger partial charge in [0.1, 0.15) is 46.8 Å². The number of rotatable bonds is 9. The first kappa shape index (κ1) is 31.1. The first-order valence-corrected chi connectivity index (χ1v) is 15.5. The summed E-state index contributed by atoms with van der Waals surface area (Å²) < 4.78 is 28.5. The fourth-order valence-electron chi connectivity index (χ4n) is 6.28. The Morgan fingerprint density at radius 1 is 1.15 bits per heavy atom. The van der Waals surface area contributed by atoms with E-state index < -0.39 is 5.82 Å². The van der Waals surface area contributed by atoms with Gasteiger partial charge in [-0.15, -0.1) is 0 Å². The fraction of sp³-hybridized carbons (Fsp3) is 0.382. The highest BCUT2D eigenvalue weighted by molar-refractivity contribution is 5.99. The van der Waals surface area contributed by atoms with E-state index in [1.165, 1.54) is 12.4 Å². The number of ether oxygens (including phenoxy) is 2. The van der Waals surface area contributed by atoms with Gasteiger partial charge in [0.15, 0.2) is 5.65 Å². The molecule has 4 aromatic rings. The number of hydrogen-bond acceptors (Lipinski definition) is 9. The number of nitriles is 1. The number of halogens is 1. The van der Waals surface area contributed by atoms with Crippen LogP contribution in [-0.2, 0) is 16.1 Å². The van der Waals surface area contributed by atoms with Crippen molar-refractivity contribution < 1.29 is 18.7 Å². The summed E-state index contributed by atoms with van der Waals surface area (Å²) in [6.07, 6.45) is 4.65. The highest BCUT2D eigenvalue weighted by Gasteiger charge is 2.34. The number of nitrogen functional groups attached to an aromatic ring is 1. The van der Waals surface area contributed by atoms with Gasteiger partial charge in [0, 0.05) is 37.8 Å². The molecule has 2 N–H and O–H groups in total. The summed E-state index contributed by atoms with van der Waals surface area (Å²) in [5, 5.41) is 15.2. The summed E-state index contributed by atoms with van der Waals surface area (Å²) in [5.41, 5.74) is 6.99. The molecule has 0 radical (unpaired) electrons. The Morgan fingerprint density at radius 3 is 2.67 bits per heavy atom. The van der Waals surface area contributed by atoms with Crippen LogP contribution in [0.3, 0.4) is 0 Å². The average Bonchev–Trinajstić information content (AvgIpc) is 3.66. The Balaban J connectivity index is 1.25. The number of carbonyl (C=O) groups excluding carboxylic acids is 1. The lowest BCUT2D eigenvalue weighted by atomic mass is 9.89. The minimum Gasteiger partial charge on any atom is -0.457 e. The quantitative estimate of drug-likeness (QED) is 0.206. The van der Waals surface area contributed by atoms with Crippen LogP contribution in [0, 0.1) is 22.6 Å². The highest BCUT2D eigenvalue weighted by atomic mass is 19.1. The third-order valence-electron chi connectivity index (χ3n) is 8.38. The van der Waals surface area contributed by atoms with E-state index in [4.69, 9.17) is 20.3 Å². The zero-order valence-electron chi connectivity index (χ0n) is 26.0. The normalized spacial score (nSPS) is 17.7. The Morgan fingerprint density at radius 2 is 1.93 bits per heavy atom. The van der Waals surface area contributed by atoms with Crippen molar-refractivity contribution in [1.29, 1.82) is 5.26 Å². The molecule has 0 saturated carbocycles. The van der Waals surface area contributed by atoms with Crippen molar-refractivity contribution in [1.82, 2.24) is 29.5 Å². The average molecular weight is 625 g/mol. The van der Waals surface area contributed by atoms with Crippen LogP contribution >= 0.6 is 0 Å². The molecule has 0 bridgehead atoms. The molecule has 0 aliphatic carbocycles. The number of morpholine rings is 1. The maximum Gasteiger partial charge on any atom is 0.264 e. The van der Waals surface area contributed by atoms with Gasteiger partial charge in [-0.3, -0.25) is 9.69 Å². The van der Waals surface area contributed by atoms with E-state index in [-0.39, 0.29) is 34.3 Å². The molecule has 2 saturated heterocycles. The lowest BCUT2D eigenvalue weighted by Crippen LogP contribution is -2.42. The number of aromatic nitrogens is 4. The summed E-state index contributed by atoms with van der Waals surface area (Å²) in [7, 11) is 0. The smallest absolute Gasteiger partial charge is 0.264 e. The minimum atomic E-state index is -0.538. The minimum absolute atomic E-state index is 0.127. The van der Waals surface area contributed by atoms with Gasteiger partial charge in [-0.25, -0.2) is 19.0 Å². The zero-order valence-corrected chi connectivity index (χ0v) is 26.0. The molecular weight excluding hydrogens is 587 g/mol. The third-order valence-corrected chi connectivity index (χ3v) is 8.38. The van der Waals surface area contributed by atoms with Crippen LogP contribution in [0.2, 0.25) is 0 Å². The van der Waals surface area contributed by atoms with Gasteiger partial charge in [0.25, 0.3) is 5.91 Å². The Bertz CT molecular complexity index is 1790. The summed E-state index contributed by atoms with van der Waals surface area (Å²) >= 11 is 0. The van der Waals surface area contributed by atoms with Crippen molar-refractivity contribution >= 4 is 22.8 Å². The molecule has 6 rings (SSSR count). The number of para-hydroxylation sites is 1. The molecule has 2 fully saturated rings. The molecule has 2 aromatic carbocycles. The molecule has 0 spiro atoms. The number of nitrogens with two attached hydrogens (primary N) is 1. The van der Waals surface area contributed by atoms with Gasteiger partial charge in [-0.2, -0.15) is 10.4 Å². The Kier molecular flexibility index (Phi) is 8.96. The van der Waals surface area contributed by atoms with Crippen LogP contribution in [0.25, 0.3) is 22.3 Å². The number of hydrogen-bond donors (Lipinski definition) is 1. The fourth-order valence-corrected chi connectivity index (χ4v) is 6.28. The van der Waals surface area contributed by atoms with Crippen LogP contribution < -0.4 is 10.5 Å². The molecule has 12 heteroatoms. The third kappa shape index (κ3) is 6.71. The van der Waals surface area contributed by atoms with Crippen LogP contribution in [-0.4, -0.2) is 80.9 Å². The van der Waals surface area contributed by atoms with Crippen molar-refractivity contribution in [3.63, 3.8) is 0 Å². The van der Waals surface area contributed by atoms with E-state index in [2.05, 4.69) is 20.9 Å². The summed E-state index contributed by atoms with van der Waals surface area (Å²) in [6, 6.07) is 15.6. The van der Waals surface area contributed by atoms with E-state index in [0.717, 1.165) is 32.5 Å². The molecule has 2 aliphatic heterocycles. The first-order chi connectivity index (χ1) is 22.2. The summed E-state index contributed by atoms with van der Waals surface area (Å²) in [4.78, 5) is 26.4. The van der Waals surface area contributed by atoms with Gasteiger partial charge in [-0.05, 0) is 42.5 Å². The van der Waals surface area contributed by atoms with Crippen LogP contribution in [0.5, 0.6) is 11.5 Å². The monoisotopic (exact) mass is 624 g/mol. The number of amides is 1. The number of carbonyl (C=O) groups is 1. The molecule has 2 aromatic heterocycles. The van der Waals surface area contributed by atoms with Crippen LogP contribution in [0.1, 0.15) is 26.7 Å². The zero-order chi connectivity index (χ0) is 32.3. The number of fused-ring (bicyclic) bond motifs is 1. The lowest BCUT2D eigenvalue weighted by Gasteiger charge is -2.33. The Labute approximate surface area is 267 Å². The second-order valence-corrected chi connectivity index (χ2v) is 12.4. The molecule has 1 amide bonds. The number of benzene rings is 2. The molecule has 238 valence electrons. The van der Waals surface area contributed by atoms with Gasteiger partial charge in [-0.1, -0.05) is 38.1 Å². The van der Waals surface area contributed by atoms with E-state index in [0.29, 0.717) is 54.5 Å². The molecular formula is C34H37FN8O3. The molecule has 46 heavy (non-hydrogen) atoms. The number of nitrogens with zero attached hydrogens (tertiary/aromatic N) is 7. The summed E-state index contributed by atoms with van der Waals surface area (Å²) in [6.45, 7) is 8.62. The second kappa shape index (κ2) is 13.2. The predicted octanol–water partition coefficient (Wildman–Crippen LogP) is 4.81. The van der Waals surface area contributed by atoms with Gasteiger partial charge >= 0.3 is 0 Å². The van der Waals surface area contributed by atoms with Crippen molar-refractivity contribution in [2.24, 2.45) is 5.41 Å². The van der Waals surface area contributed by atoms with E-state index >= 15 is 4.39 Å². The largest absolute Gasteiger partial charge is 0.457 e. The second-order valence-electron chi connectivity index (χ2n) is 12.4. The van der Waals surface area contributed by atoms with Crippen molar-refractivity contribution in [3.05, 3.63) is 72.3 Å². The van der Waals surface area contributed by atoms with Crippen molar-refractivity contribution in [2.75, 3.05) is 45.1 Å². The highest BCUT2D eigenvalue weighted by Crippen LogP contribution is 2.35. The SMILES string of the molecule is CC(C)(/C=C(\C#N)C(=O)N1CCC[C@H]1Cn1nc(-c2ccc(Oc3ccccc3)cc2F)c2c(N)ncnc21)CN1CCOCC1. The summed E-state index contributed by atoms with van der Waals surface area (Å²) in [5.74, 6) is 0.268. The van der Waals surface area contributed by atoms with Crippen LogP contribution in [0.15, 0.2) is 66.5 Å². The lowest BCUT2D eigenvalue weighted by molar-refractivity contribution is -0.127. The van der Waals surface area contributed by atoms with Gasteiger partial charge in [0.2, 0.25) is 0 Å². The topological polar surface area (TPSA) is 135 Å². The number of anilines is 1. The van der Waals surface area contributed by atoms with E-state index in [1.807, 2.05) is 32.0 Å². The van der Waals surface area contributed by atoms with E-state index in [1.54, 1.807) is 39.9 Å². The predicted molar refractivity (Wildman–Crippen MR) is 171 cm³/mol. The van der Waals surface area contributed by atoms with Crippen molar-refractivity contribution in [3.8, 4) is 28.8 Å². The molecule has 0 unspecified atom stereocenters. The van der Waals surface area contributed by atoms with E-state index in [9.17, 15) is 10.1 Å². The van der Waals surface area contributed by atoms with Crippen molar-refractivity contribution in [2.45, 2.75) is 39.3 Å². The Hall–Kier alpha value is -4.86. The molecule has 2 aliphatic rings.